The monoisotopic (exact) mass is 1020 g/mol. The number of rotatable bonds is 20. The standard InChI is InChI=1S/C53H73F3N10O7/c1-33(2)30-59-39-11-13-45(66-22-16-43(52(66)71)62-49-40-27-38(53(54,55)56)10-12-42(40)60-32-61-49)44(28-39)63-50(69)36-8-6-34(7-9-36)35-14-20-65(21-15-35)46(67)17-23-72-25-26-73-24-19-58-51(70)41-29-47(68)64(3)48(41)37-5-4-18-57-31-37/h4-5,10,12,18,27,31-36,39,41,43-45,48,59H,6-9,11,13-17,19-26,28-30H2,1-3H3,(H,58,70)(H,63,69)(H,60,61,62)/t34?,36?,39-,41+,43+,44-,45+,48-/m1/s1. The van der Waals surface area contributed by atoms with E-state index in [0.29, 0.717) is 102 Å². The molecule has 8 rings (SSSR count). The molecule has 20 heteroatoms. The van der Waals surface area contributed by atoms with E-state index in [1.54, 1.807) is 30.4 Å². The van der Waals surface area contributed by atoms with E-state index in [9.17, 15) is 37.1 Å². The summed E-state index contributed by atoms with van der Waals surface area (Å²) < 4.78 is 52.2. The van der Waals surface area contributed by atoms with Crippen LogP contribution >= 0.6 is 0 Å². The lowest BCUT2D eigenvalue weighted by Crippen LogP contribution is -2.59. The van der Waals surface area contributed by atoms with Crippen molar-refractivity contribution in [2.45, 2.75) is 127 Å². The number of benzene rings is 1. The summed E-state index contributed by atoms with van der Waals surface area (Å²) >= 11 is 0. The molecule has 3 aromatic rings. The molecule has 2 saturated carbocycles. The van der Waals surface area contributed by atoms with Crippen molar-refractivity contribution in [3.05, 3.63) is 60.2 Å². The quantitative estimate of drug-likeness (QED) is 0.104. The van der Waals surface area contributed by atoms with E-state index >= 15 is 0 Å². The number of aromatic nitrogens is 3. The van der Waals surface area contributed by atoms with Crippen LogP contribution in [0.1, 0.15) is 108 Å². The number of piperidine rings is 1. The Morgan fingerprint density at radius 3 is 2.34 bits per heavy atom. The van der Waals surface area contributed by atoms with E-state index in [2.05, 4.69) is 50.1 Å². The predicted octanol–water partition coefficient (Wildman–Crippen LogP) is 5.51. The first-order valence-corrected chi connectivity index (χ1v) is 26.4. The Morgan fingerprint density at radius 1 is 0.863 bits per heavy atom. The normalized spacial score (nSPS) is 26.2. The number of ether oxygens (including phenoxy) is 2. The van der Waals surface area contributed by atoms with Crippen molar-refractivity contribution in [2.75, 3.05) is 71.5 Å². The van der Waals surface area contributed by atoms with Crippen LogP contribution in [0.2, 0.25) is 0 Å². The number of anilines is 1. The fraction of sp³-hybridized carbons (Fsp3) is 0.660. The van der Waals surface area contributed by atoms with Gasteiger partial charge in [-0.05, 0) is 118 Å². The summed E-state index contributed by atoms with van der Waals surface area (Å²) in [5, 5.41) is 13.3. The molecule has 5 heterocycles. The first-order valence-electron chi connectivity index (χ1n) is 26.4. The topological polar surface area (TPSA) is 200 Å². The molecule has 5 aliphatic rings. The smallest absolute Gasteiger partial charge is 0.379 e. The molecule has 0 bridgehead atoms. The molecule has 6 atom stereocenters. The number of nitrogens with one attached hydrogen (secondary N) is 4. The molecule has 5 amide bonds. The fourth-order valence-electron chi connectivity index (χ4n) is 11.9. The highest BCUT2D eigenvalue weighted by Gasteiger charge is 2.45. The summed E-state index contributed by atoms with van der Waals surface area (Å²) in [5.41, 5.74) is 0.354. The summed E-state index contributed by atoms with van der Waals surface area (Å²) in [5.74, 6) is 0.707. The molecule has 2 aromatic heterocycles. The van der Waals surface area contributed by atoms with E-state index in [-0.39, 0.29) is 77.2 Å². The van der Waals surface area contributed by atoms with Crippen molar-refractivity contribution in [2.24, 2.45) is 29.6 Å². The third-order valence-electron chi connectivity index (χ3n) is 15.9. The largest absolute Gasteiger partial charge is 0.416 e. The Morgan fingerprint density at radius 2 is 1.62 bits per heavy atom. The van der Waals surface area contributed by atoms with Gasteiger partial charge in [-0.1, -0.05) is 19.9 Å². The van der Waals surface area contributed by atoms with Crippen LogP contribution in [-0.2, 0) is 39.6 Å². The predicted molar refractivity (Wildman–Crippen MR) is 266 cm³/mol. The molecule has 0 unspecified atom stereocenters. The number of nitrogens with zero attached hydrogens (tertiary/aromatic N) is 6. The third-order valence-corrected chi connectivity index (χ3v) is 15.9. The molecule has 73 heavy (non-hydrogen) atoms. The van der Waals surface area contributed by atoms with Gasteiger partial charge in [0.25, 0.3) is 0 Å². The van der Waals surface area contributed by atoms with Gasteiger partial charge in [0, 0.05) is 69.4 Å². The van der Waals surface area contributed by atoms with Crippen LogP contribution in [0.5, 0.6) is 0 Å². The number of hydrogen-bond donors (Lipinski definition) is 4. The third kappa shape index (κ3) is 13.6. The number of carbonyl (C=O) groups excluding carboxylic acids is 5. The van der Waals surface area contributed by atoms with Crippen LogP contribution < -0.4 is 21.3 Å². The molecule has 3 aliphatic heterocycles. The van der Waals surface area contributed by atoms with Gasteiger partial charge in [0.2, 0.25) is 29.5 Å². The van der Waals surface area contributed by atoms with Crippen molar-refractivity contribution in [3.63, 3.8) is 0 Å². The van der Waals surface area contributed by atoms with E-state index in [1.807, 2.05) is 15.9 Å². The SMILES string of the molecule is CC(C)CN[C@@H]1CC[C@H](N2CC[C@H](Nc3ncnc4ccc(C(F)(F)F)cc34)C2=O)[C@H](NC(=O)C2CCC(C3CCN(C(=O)CCOCCOCCNC(=O)[C@H]4CC(=O)N(C)[C@@H]4c4cccnc4)CC3)CC2)C1. The minimum absolute atomic E-state index is 0.0353. The zero-order chi connectivity index (χ0) is 51.6. The van der Waals surface area contributed by atoms with Gasteiger partial charge < -0.3 is 45.4 Å². The Kier molecular flexibility index (Phi) is 18.2. The van der Waals surface area contributed by atoms with Crippen molar-refractivity contribution in [1.82, 2.24) is 45.6 Å². The second kappa shape index (κ2) is 24.7. The van der Waals surface area contributed by atoms with Gasteiger partial charge in [0.05, 0.1) is 68.0 Å². The van der Waals surface area contributed by atoms with Gasteiger partial charge in [0.1, 0.15) is 18.2 Å². The van der Waals surface area contributed by atoms with Crippen LogP contribution in [-0.4, -0.2) is 150 Å². The highest BCUT2D eigenvalue weighted by molar-refractivity contribution is 5.93. The van der Waals surface area contributed by atoms with Crippen molar-refractivity contribution in [1.29, 1.82) is 0 Å². The van der Waals surface area contributed by atoms with Crippen molar-refractivity contribution < 1.29 is 46.6 Å². The minimum Gasteiger partial charge on any atom is -0.379 e. The molecule has 5 fully saturated rings. The van der Waals surface area contributed by atoms with Gasteiger partial charge >= 0.3 is 6.18 Å². The lowest BCUT2D eigenvalue weighted by molar-refractivity contribution is -0.137. The number of alkyl halides is 3. The van der Waals surface area contributed by atoms with Crippen LogP contribution in [0.3, 0.4) is 0 Å². The summed E-state index contributed by atoms with van der Waals surface area (Å²) in [7, 11) is 1.71. The van der Waals surface area contributed by atoms with Crippen molar-refractivity contribution in [3.8, 4) is 0 Å². The van der Waals surface area contributed by atoms with Gasteiger partial charge in [-0.3, -0.25) is 29.0 Å². The number of carbonyl (C=O) groups is 5. The van der Waals surface area contributed by atoms with Gasteiger partial charge in [-0.2, -0.15) is 13.2 Å². The first kappa shape index (κ1) is 53.8. The van der Waals surface area contributed by atoms with E-state index in [4.69, 9.17) is 9.47 Å². The molecule has 17 nitrogen and oxygen atoms in total. The zero-order valence-corrected chi connectivity index (χ0v) is 42.4. The Bertz CT molecular complexity index is 2360. The average Bonchev–Trinajstić information content (AvgIpc) is 3.90. The second-order valence-electron chi connectivity index (χ2n) is 21.1. The zero-order valence-electron chi connectivity index (χ0n) is 42.4. The summed E-state index contributed by atoms with van der Waals surface area (Å²) in [6.07, 6.45) is 8.61. The Balaban J connectivity index is 0.728. The highest BCUT2D eigenvalue weighted by Crippen LogP contribution is 2.40. The number of likely N-dealkylation sites (tertiary alicyclic amines) is 3. The molecule has 3 saturated heterocycles. The second-order valence-corrected chi connectivity index (χ2v) is 21.1. The molecule has 398 valence electrons. The van der Waals surface area contributed by atoms with Gasteiger partial charge in [0.15, 0.2) is 0 Å². The summed E-state index contributed by atoms with van der Waals surface area (Å²) in [6, 6.07) is 5.67. The minimum atomic E-state index is -4.54. The lowest BCUT2D eigenvalue weighted by atomic mass is 9.72. The Labute approximate surface area is 425 Å². The number of amides is 5. The van der Waals surface area contributed by atoms with Crippen LogP contribution in [0, 0.1) is 29.6 Å². The maximum Gasteiger partial charge on any atom is 0.416 e. The summed E-state index contributed by atoms with van der Waals surface area (Å²) in [6.45, 7) is 8.60. The van der Waals surface area contributed by atoms with E-state index in [0.717, 1.165) is 69.2 Å². The highest BCUT2D eigenvalue weighted by atomic mass is 19.4. The first-order chi connectivity index (χ1) is 35.1. The number of hydrogen-bond acceptors (Lipinski definition) is 12. The van der Waals surface area contributed by atoms with E-state index < -0.39 is 23.7 Å². The van der Waals surface area contributed by atoms with Gasteiger partial charge in [-0.15, -0.1) is 0 Å². The molecular weight excluding hydrogens is 946 g/mol. The fourth-order valence-corrected chi connectivity index (χ4v) is 11.9. The molecule has 0 spiro atoms. The molecule has 2 aliphatic carbocycles. The maximum absolute atomic E-state index is 14.1. The van der Waals surface area contributed by atoms with Crippen LogP contribution in [0.15, 0.2) is 49.1 Å². The van der Waals surface area contributed by atoms with Gasteiger partial charge in [-0.25, -0.2) is 9.97 Å². The number of fused-ring (bicyclic) bond motifs is 1. The average molecular weight is 1020 g/mol. The molecule has 1 aromatic carbocycles. The van der Waals surface area contributed by atoms with E-state index in [1.165, 1.54) is 12.4 Å². The molecule has 0 radical (unpaired) electrons. The Hall–Kier alpha value is -5.47. The lowest BCUT2D eigenvalue weighted by Gasteiger charge is -2.43. The molecule has 4 N–H and O–H groups in total. The summed E-state index contributed by atoms with van der Waals surface area (Å²) in [4.78, 5) is 84.6. The van der Waals surface area contributed by atoms with Crippen molar-refractivity contribution >= 4 is 46.3 Å². The molecular formula is C53H73F3N10O7. The maximum atomic E-state index is 14.1. The number of halogens is 3. The van der Waals surface area contributed by atoms with Crippen LogP contribution in [0.25, 0.3) is 10.9 Å². The van der Waals surface area contributed by atoms with Crippen LogP contribution in [0.4, 0.5) is 19.0 Å². The number of pyridine rings is 1.